The van der Waals surface area contributed by atoms with Crippen LogP contribution in [-0.2, 0) is 6.54 Å². The average molecular weight is 351 g/mol. The molecule has 2 aromatic carbocycles. The summed E-state index contributed by atoms with van der Waals surface area (Å²) in [6.07, 6.45) is 1.54. The highest BCUT2D eigenvalue weighted by atomic mass is 35.5. The third kappa shape index (κ3) is 3.70. The molecule has 124 valence electrons. The Morgan fingerprint density at radius 2 is 2.08 bits per heavy atom. The second-order valence-corrected chi connectivity index (χ2v) is 5.97. The second kappa shape index (κ2) is 7.20. The molecule has 0 aliphatic carbocycles. The average Bonchev–Trinajstić information content (AvgIpc) is 3.01. The maximum atomic E-state index is 12.4. The maximum Gasteiger partial charge on any atom is 0.255 e. The largest absolute Gasteiger partial charge is 0.348 e. The van der Waals surface area contributed by atoms with Gasteiger partial charge >= 0.3 is 0 Å². The Balaban J connectivity index is 1.76. The van der Waals surface area contributed by atoms with Crippen molar-refractivity contribution in [3.63, 3.8) is 0 Å². The van der Waals surface area contributed by atoms with Crippen LogP contribution in [0.1, 0.15) is 27.2 Å². The first-order chi connectivity index (χ1) is 12.1. The number of nitrogens with zero attached hydrogens (tertiary/aromatic N) is 3. The monoisotopic (exact) mass is 350 g/mol. The lowest BCUT2D eigenvalue weighted by Crippen LogP contribution is -2.23. The fourth-order valence-electron chi connectivity index (χ4n) is 2.53. The van der Waals surface area contributed by atoms with E-state index in [2.05, 4.69) is 16.5 Å². The van der Waals surface area contributed by atoms with Crippen molar-refractivity contribution in [2.45, 2.75) is 13.5 Å². The highest BCUT2D eigenvalue weighted by Crippen LogP contribution is 2.18. The van der Waals surface area contributed by atoms with Gasteiger partial charge in [-0.15, -0.1) is 0 Å². The Labute approximate surface area is 150 Å². The van der Waals surface area contributed by atoms with Gasteiger partial charge in [-0.1, -0.05) is 29.8 Å². The van der Waals surface area contributed by atoms with Gasteiger partial charge in [-0.3, -0.25) is 4.79 Å². The molecule has 25 heavy (non-hydrogen) atoms. The normalized spacial score (nSPS) is 10.3. The molecule has 0 spiro atoms. The van der Waals surface area contributed by atoms with Gasteiger partial charge < -0.3 is 5.32 Å². The molecule has 1 amide bonds. The number of carbonyl (C=O) groups is 1. The third-order valence-corrected chi connectivity index (χ3v) is 4.05. The highest BCUT2D eigenvalue weighted by Gasteiger charge is 2.15. The number of hydrogen-bond donors (Lipinski definition) is 1. The number of rotatable bonds is 4. The van der Waals surface area contributed by atoms with Crippen LogP contribution in [0.3, 0.4) is 0 Å². The van der Waals surface area contributed by atoms with Crippen LogP contribution in [-0.4, -0.2) is 15.7 Å². The summed E-state index contributed by atoms with van der Waals surface area (Å²) < 4.78 is 1.68. The van der Waals surface area contributed by atoms with Crippen molar-refractivity contribution in [2.24, 2.45) is 0 Å². The summed E-state index contributed by atoms with van der Waals surface area (Å²) in [4.78, 5) is 12.4. The summed E-state index contributed by atoms with van der Waals surface area (Å²) >= 11 is 6.02. The molecule has 0 fully saturated rings. The Morgan fingerprint density at radius 1 is 1.28 bits per heavy atom. The van der Waals surface area contributed by atoms with Crippen molar-refractivity contribution in [3.8, 4) is 11.8 Å². The summed E-state index contributed by atoms with van der Waals surface area (Å²) in [6.45, 7) is 2.18. The Morgan fingerprint density at radius 3 is 2.84 bits per heavy atom. The molecule has 1 N–H and O–H groups in total. The third-order valence-electron chi connectivity index (χ3n) is 3.82. The second-order valence-electron chi connectivity index (χ2n) is 5.53. The summed E-state index contributed by atoms with van der Waals surface area (Å²) in [5.41, 5.74) is 3.46. The molecule has 0 aliphatic rings. The number of hydrogen-bond acceptors (Lipinski definition) is 3. The van der Waals surface area contributed by atoms with Gasteiger partial charge in [-0.2, -0.15) is 10.4 Å². The van der Waals surface area contributed by atoms with E-state index >= 15 is 0 Å². The molecule has 0 atom stereocenters. The Kier molecular flexibility index (Phi) is 4.82. The van der Waals surface area contributed by atoms with E-state index in [1.54, 1.807) is 35.0 Å². The zero-order chi connectivity index (χ0) is 17.8. The highest BCUT2D eigenvalue weighted by molar-refractivity contribution is 6.30. The number of carbonyl (C=O) groups excluding carboxylic acids is 1. The summed E-state index contributed by atoms with van der Waals surface area (Å²) in [7, 11) is 0. The van der Waals surface area contributed by atoms with Gasteiger partial charge in [0.2, 0.25) is 0 Å². The number of nitrogens with one attached hydrogen (secondary N) is 1. The first kappa shape index (κ1) is 16.7. The molecular formula is C19H15ClN4O. The Hall–Kier alpha value is -3.10. The fourth-order valence-corrected chi connectivity index (χ4v) is 2.71. The molecule has 0 bridgehead atoms. The van der Waals surface area contributed by atoms with Crippen molar-refractivity contribution in [1.82, 2.24) is 15.1 Å². The van der Waals surface area contributed by atoms with Crippen LogP contribution in [0.15, 0.2) is 54.7 Å². The lowest BCUT2D eigenvalue weighted by molar-refractivity contribution is 0.0950. The zero-order valence-corrected chi connectivity index (χ0v) is 14.3. The quantitative estimate of drug-likeness (QED) is 0.781. The minimum atomic E-state index is -0.215. The van der Waals surface area contributed by atoms with Gasteiger partial charge in [0.25, 0.3) is 5.91 Å². The van der Waals surface area contributed by atoms with Crippen LogP contribution in [0.2, 0.25) is 5.02 Å². The fraction of sp³-hybridized carbons (Fsp3) is 0.105. The van der Waals surface area contributed by atoms with Gasteiger partial charge in [-0.25, -0.2) is 4.68 Å². The molecule has 1 heterocycles. The van der Waals surface area contributed by atoms with Crippen molar-refractivity contribution in [1.29, 1.82) is 5.26 Å². The van der Waals surface area contributed by atoms with Gasteiger partial charge in [-0.05, 0) is 42.8 Å². The molecule has 6 heteroatoms. The molecule has 0 saturated carbocycles. The molecule has 3 rings (SSSR count). The van der Waals surface area contributed by atoms with Crippen LogP contribution >= 0.6 is 11.6 Å². The standard InChI is InChI=1S/C19H15ClN4O/c1-13-18(12-23-24(13)17-7-3-6-16(20)9-17)19(25)22-11-15-5-2-4-14(8-15)10-21/h2-9,12H,11H2,1H3,(H,22,25). The van der Waals surface area contributed by atoms with E-state index < -0.39 is 0 Å². The van der Waals surface area contributed by atoms with E-state index in [9.17, 15) is 4.79 Å². The van der Waals surface area contributed by atoms with Gasteiger partial charge in [0.05, 0.1) is 34.8 Å². The maximum absolute atomic E-state index is 12.4. The molecule has 0 unspecified atom stereocenters. The minimum Gasteiger partial charge on any atom is -0.348 e. The topological polar surface area (TPSA) is 70.7 Å². The number of benzene rings is 2. The predicted molar refractivity (Wildman–Crippen MR) is 95.6 cm³/mol. The van der Waals surface area contributed by atoms with E-state index in [4.69, 9.17) is 16.9 Å². The van der Waals surface area contributed by atoms with Crippen molar-refractivity contribution >= 4 is 17.5 Å². The smallest absolute Gasteiger partial charge is 0.255 e. The first-order valence-electron chi connectivity index (χ1n) is 7.66. The molecule has 0 saturated heterocycles. The molecule has 0 aliphatic heterocycles. The van der Waals surface area contributed by atoms with E-state index in [-0.39, 0.29) is 5.91 Å². The lowest BCUT2D eigenvalue weighted by Gasteiger charge is -2.07. The molecule has 3 aromatic rings. The predicted octanol–water partition coefficient (Wildman–Crippen LogP) is 3.64. The van der Waals surface area contributed by atoms with Gasteiger partial charge in [0.1, 0.15) is 0 Å². The zero-order valence-electron chi connectivity index (χ0n) is 13.5. The SMILES string of the molecule is Cc1c(C(=O)NCc2cccc(C#N)c2)cnn1-c1cccc(Cl)c1. The van der Waals surface area contributed by atoms with Crippen molar-refractivity contribution < 1.29 is 4.79 Å². The minimum absolute atomic E-state index is 0.215. The summed E-state index contributed by atoms with van der Waals surface area (Å²) in [6, 6.07) is 16.5. The van der Waals surface area contributed by atoms with Crippen LogP contribution < -0.4 is 5.32 Å². The molecule has 5 nitrogen and oxygen atoms in total. The number of nitriles is 1. The van der Waals surface area contributed by atoms with E-state index in [0.717, 1.165) is 16.9 Å². The number of halogens is 1. The Bertz CT molecular complexity index is 972. The lowest BCUT2D eigenvalue weighted by atomic mass is 10.1. The van der Waals surface area contributed by atoms with Crippen molar-refractivity contribution in [3.05, 3.63) is 82.1 Å². The van der Waals surface area contributed by atoms with E-state index in [1.165, 1.54) is 6.20 Å². The molecule has 0 radical (unpaired) electrons. The summed E-state index contributed by atoms with van der Waals surface area (Å²) in [5.74, 6) is -0.215. The van der Waals surface area contributed by atoms with Crippen molar-refractivity contribution in [2.75, 3.05) is 0 Å². The van der Waals surface area contributed by atoms with Gasteiger partial charge in [0.15, 0.2) is 0 Å². The van der Waals surface area contributed by atoms with E-state index in [0.29, 0.717) is 22.7 Å². The molecule has 1 aromatic heterocycles. The van der Waals surface area contributed by atoms with Crippen LogP contribution in [0.25, 0.3) is 5.69 Å². The van der Waals surface area contributed by atoms with E-state index in [1.807, 2.05) is 25.1 Å². The van der Waals surface area contributed by atoms with Gasteiger partial charge in [0, 0.05) is 11.6 Å². The van der Waals surface area contributed by atoms with Crippen LogP contribution in [0.5, 0.6) is 0 Å². The first-order valence-corrected chi connectivity index (χ1v) is 8.04. The van der Waals surface area contributed by atoms with Crippen LogP contribution in [0.4, 0.5) is 0 Å². The number of aromatic nitrogens is 2. The van der Waals surface area contributed by atoms with Crippen LogP contribution in [0, 0.1) is 18.3 Å². The number of amides is 1. The molecular weight excluding hydrogens is 336 g/mol. The summed E-state index contributed by atoms with van der Waals surface area (Å²) in [5, 5.41) is 16.7.